The second-order valence-corrected chi connectivity index (χ2v) is 4.32. The Morgan fingerprint density at radius 1 is 1.58 bits per heavy atom. The van der Waals surface area contributed by atoms with Crippen LogP contribution in [0.2, 0.25) is 0 Å². The molecule has 0 aliphatic heterocycles. The highest BCUT2D eigenvalue weighted by atomic mass is 16.5. The summed E-state index contributed by atoms with van der Waals surface area (Å²) in [5.41, 5.74) is 6.36. The van der Waals surface area contributed by atoms with Crippen LogP contribution >= 0.6 is 0 Å². The zero-order valence-electron chi connectivity index (χ0n) is 11.6. The third-order valence-corrected chi connectivity index (χ3v) is 2.51. The second-order valence-electron chi connectivity index (χ2n) is 4.32. The van der Waals surface area contributed by atoms with E-state index in [0.29, 0.717) is 42.7 Å². The molecule has 6 heteroatoms. The molecule has 0 aromatic carbocycles. The number of carbonyl (C=O) groups excluding carboxylic acids is 1. The zero-order valence-corrected chi connectivity index (χ0v) is 11.6. The van der Waals surface area contributed by atoms with Gasteiger partial charge in [-0.25, -0.2) is 9.78 Å². The van der Waals surface area contributed by atoms with Crippen LogP contribution < -0.4 is 11.1 Å². The molecule has 0 amide bonds. The van der Waals surface area contributed by atoms with Crippen molar-refractivity contribution in [2.24, 2.45) is 5.92 Å². The highest BCUT2D eigenvalue weighted by molar-refractivity contribution is 5.95. The molecule has 0 radical (unpaired) electrons. The highest BCUT2D eigenvalue weighted by Crippen LogP contribution is 2.16. The third kappa shape index (κ3) is 4.75. The normalized spacial score (nSPS) is 11.9. The van der Waals surface area contributed by atoms with Gasteiger partial charge in [0, 0.05) is 13.7 Å². The average molecular weight is 267 g/mol. The molecule has 0 saturated heterocycles. The molecule has 0 fully saturated rings. The number of nitrogen functional groups attached to an aromatic ring is 1. The Hall–Kier alpha value is -1.82. The van der Waals surface area contributed by atoms with Crippen molar-refractivity contribution in [3.63, 3.8) is 0 Å². The Kier molecular flexibility index (Phi) is 6.08. The molecule has 0 aliphatic rings. The summed E-state index contributed by atoms with van der Waals surface area (Å²) in [6, 6.07) is 1.60. The summed E-state index contributed by atoms with van der Waals surface area (Å²) in [6.07, 6.45) is 1.45. The van der Waals surface area contributed by atoms with Crippen LogP contribution in [-0.2, 0) is 9.47 Å². The summed E-state index contributed by atoms with van der Waals surface area (Å²) in [5, 5.41) is 3.14. The molecular weight excluding hydrogens is 246 g/mol. The summed E-state index contributed by atoms with van der Waals surface area (Å²) < 4.78 is 9.98. The first kappa shape index (κ1) is 15.2. The fourth-order valence-electron chi connectivity index (χ4n) is 1.57. The molecular formula is C13H21N3O3. The van der Waals surface area contributed by atoms with Crippen molar-refractivity contribution < 1.29 is 14.3 Å². The largest absolute Gasteiger partial charge is 0.462 e. The molecule has 106 valence electrons. The van der Waals surface area contributed by atoms with Crippen molar-refractivity contribution >= 4 is 17.5 Å². The molecule has 1 atom stereocenters. The van der Waals surface area contributed by atoms with E-state index in [2.05, 4.69) is 17.2 Å². The van der Waals surface area contributed by atoms with E-state index in [9.17, 15) is 4.79 Å². The lowest BCUT2D eigenvalue weighted by molar-refractivity contribution is 0.0527. The van der Waals surface area contributed by atoms with Gasteiger partial charge >= 0.3 is 5.97 Å². The summed E-state index contributed by atoms with van der Waals surface area (Å²) in [5.74, 6) is 0.506. The Morgan fingerprint density at radius 2 is 2.32 bits per heavy atom. The van der Waals surface area contributed by atoms with E-state index in [1.807, 2.05) is 0 Å². The predicted molar refractivity (Wildman–Crippen MR) is 74.1 cm³/mol. The molecule has 0 saturated carbocycles. The van der Waals surface area contributed by atoms with E-state index in [1.54, 1.807) is 20.1 Å². The maximum atomic E-state index is 11.7. The van der Waals surface area contributed by atoms with E-state index < -0.39 is 5.97 Å². The minimum Gasteiger partial charge on any atom is -0.462 e. The Morgan fingerprint density at radius 3 is 2.95 bits per heavy atom. The number of carbonyl (C=O) groups is 1. The Labute approximate surface area is 113 Å². The van der Waals surface area contributed by atoms with Crippen molar-refractivity contribution in [1.29, 1.82) is 0 Å². The molecule has 1 aromatic heterocycles. The minimum atomic E-state index is -0.435. The van der Waals surface area contributed by atoms with Gasteiger partial charge in [0.25, 0.3) is 0 Å². The summed E-state index contributed by atoms with van der Waals surface area (Å²) in [7, 11) is 1.66. The van der Waals surface area contributed by atoms with Gasteiger partial charge in [-0.2, -0.15) is 0 Å². The first-order valence-electron chi connectivity index (χ1n) is 6.23. The molecule has 6 nitrogen and oxygen atoms in total. The lowest BCUT2D eigenvalue weighted by atomic mass is 10.2. The SMILES string of the molecule is CCOC(=O)c1cc(NCC(C)COC)ncc1N. The van der Waals surface area contributed by atoms with E-state index in [-0.39, 0.29) is 0 Å². The standard InChI is InChI=1S/C13H21N3O3/c1-4-19-13(17)10-5-12(16-7-11(10)14)15-6-9(2)8-18-3/h5,7,9H,4,6,8,14H2,1-3H3,(H,15,16). The van der Waals surface area contributed by atoms with Crippen molar-refractivity contribution in [3.05, 3.63) is 17.8 Å². The van der Waals surface area contributed by atoms with Crippen LogP contribution in [0.3, 0.4) is 0 Å². The van der Waals surface area contributed by atoms with Gasteiger partial charge < -0.3 is 20.5 Å². The lowest BCUT2D eigenvalue weighted by Gasteiger charge is -2.13. The van der Waals surface area contributed by atoms with Gasteiger partial charge in [0.05, 0.1) is 30.7 Å². The topological polar surface area (TPSA) is 86.5 Å². The third-order valence-electron chi connectivity index (χ3n) is 2.51. The molecule has 19 heavy (non-hydrogen) atoms. The molecule has 0 aliphatic carbocycles. The highest BCUT2D eigenvalue weighted by Gasteiger charge is 2.12. The minimum absolute atomic E-state index is 0.314. The van der Waals surface area contributed by atoms with Gasteiger partial charge in [-0.1, -0.05) is 6.92 Å². The van der Waals surface area contributed by atoms with E-state index in [4.69, 9.17) is 15.2 Å². The summed E-state index contributed by atoms with van der Waals surface area (Å²) >= 11 is 0. The number of aromatic nitrogens is 1. The van der Waals surface area contributed by atoms with E-state index in [1.165, 1.54) is 6.20 Å². The lowest BCUT2D eigenvalue weighted by Crippen LogP contribution is -2.17. The van der Waals surface area contributed by atoms with Gasteiger partial charge in [-0.3, -0.25) is 0 Å². The molecule has 1 rings (SSSR count). The number of nitrogens with zero attached hydrogens (tertiary/aromatic N) is 1. The maximum absolute atomic E-state index is 11.7. The van der Waals surface area contributed by atoms with Crippen LogP contribution in [0.5, 0.6) is 0 Å². The number of anilines is 2. The van der Waals surface area contributed by atoms with Crippen molar-refractivity contribution in [2.45, 2.75) is 13.8 Å². The van der Waals surface area contributed by atoms with Gasteiger partial charge in [-0.05, 0) is 18.9 Å². The first-order valence-corrected chi connectivity index (χ1v) is 6.23. The molecule has 3 N–H and O–H groups in total. The molecule has 1 heterocycles. The number of esters is 1. The van der Waals surface area contributed by atoms with Crippen LogP contribution in [0, 0.1) is 5.92 Å². The monoisotopic (exact) mass is 267 g/mol. The van der Waals surface area contributed by atoms with Crippen LogP contribution in [0.4, 0.5) is 11.5 Å². The van der Waals surface area contributed by atoms with Crippen molar-refractivity contribution in [1.82, 2.24) is 4.98 Å². The maximum Gasteiger partial charge on any atom is 0.340 e. The quantitative estimate of drug-likeness (QED) is 0.729. The molecule has 1 unspecified atom stereocenters. The van der Waals surface area contributed by atoms with Gasteiger partial charge in [0.1, 0.15) is 5.82 Å². The number of hydrogen-bond acceptors (Lipinski definition) is 6. The summed E-state index contributed by atoms with van der Waals surface area (Å²) in [4.78, 5) is 15.8. The fourth-order valence-corrected chi connectivity index (χ4v) is 1.57. The molecule has 1 aromatic rings. The zero-order chi connectivity index (χ0) is 14.3. The number of nitrogens with two attached hydrogens (primary N) is 1. The first-order chi connectivity index (χ1) is 9.08. The summed E-state index contributed by atoms with van der Waals surface area (Å²) in [6.45, 7) is 5.48. The smallest absolute Gasteiger partial charge is 0.340 e. The number of methoxy groups -OCH3 is 1. The van der Waals surface area contributed by atoms with E-state index >= 15 is 0 Å². The number of rotatable bonds is 7. The van der Waals surface area contributed by atoms with E-state index in [0.717, 1.165) is 0 Å². The average Bonchev–Trinajstić information content (AvgIpc) is 2.38. The van der Waals surface area contributed by atoms with Gasteiger partial charge in [0.15, 0.2) is 0 Å². The van der Waals surface area contributed by atoms with Crippen LogP contribution in [0.1, 0.15) is 24.2 Å². The number of ether oxygens (including phenoxy) is 2. The number of pyridine rings is 1. The Balaban J connectivity index is 2.70. The number of hydrogen-bond donors (Lipinski definition) is 2. The predicted octanol–water partition coefficient (Wildman–Crippen LogP) is 1.53. The van der Waals surface area contributed by atoms with Gasteiger partial charge in [0.2, 0.25) is 0 Å². The van der Waals surface area contributed by atoms with Gasteiger partial charge in [-0.15, -0.1) is 0 Å². The second kappa shape index (κ2) is 7.58. The number of nitrogens with one attached hydrogen (secondary N) is 1. The van der Waals surface area contributed by atoms with Crippen LogP contribution in [0.25, 0.3) is 0 Å². The van der Waals surface area contributed by atoms with Crippen molar-refractivity contribution in [2.75, 3.05) is 37.9 Å². The van der Waals surface area contributed by atoms with Crippen molar-refractivity contribution in [3.8, 4) is 0 Å². The van der Waals surface area contributed by atoms with Crippen LogP contribution in [-0.4, -0.2) is 37.8 Å². The molecule has 0 spiro atoms. The Bertz CT molecular complexity index is 424. The molecule has 0 bridgehead atoms. The fraction of sp³-hybridized carbons (Fsp3) is 0.538. The van der Waals surface area contributed by atoms with Crippen LogP contribution in [0.15, 0.2) is 12.3 Å².